The van der Waals surface area contributed by atoms with E-state index in [4.69, 9.17) is 14.0 Å². The Kier molecular flexibility index (Phi) is 5.41. The molecule has 4 rings (SSSR count). The van der Waals surface area contributed by atoms with Crippen LogP contribution in [0.5, 0.6) is 11.5 Å². The van der Waals surface area contributed by atoms with E-state index in [0.29, 0.717) is 37.0 Å². The van der Waals surface area contributed by atoms with Crippen molar-refractivity contribution in [2.75, 3.05) is 26.8 Å². The van der Waals surface area contributed by atoms with E-state index in [1.807, 2.05) is 24.3 Å². The molecule has 8 heteroatoms. The van der Waals surface area contributed by atoms with E-state index in [0.717, 1.165) is 11.3 Å². The Morgan fingerprint density at radius 2 is 1.97 bits per heavy atom. The predicted molar refractivity (Wildman–Crippen MR) is 101 cm³/mol. The van der Waals surface area contributed by atoms with Gasteiger partial charge in [0.2, 0.25) is 5.89 Å². The van der Waals surface area contributed by atoms with Gasteiger partial charge in [0.25, 0.3) is 5.91 Å². The van der Waals surface area contributed by atoms with Crippen LogP contribution in [0.25, 0.3) is 0 Å². The fraction of sp³-hybridized carbons (Fsp3) is 0.286. The lowest BCUT2D eigenvalue weighted by Crippen LogP contribution is -2.50. The summed E-state index contributed by atoms with van der Waals surface area (Å²) in [7, 11) is 1.63. The molecule has 0 aliphatic carbocycles. The molecule has 0 unspecified atom stereocenters. The van der Waals surface area contributed by atoms with Crippen molar-refractivity contribution in [2.24, 2.45) is 0 Å². The molecule has 1 amide bonds. The second-order valence-electron chi connectivity index (χ2n) is 6.78. The summed E-state index contributed by atoms with van der Waals surface area (Å²) in [5, 5.41) is 4.04. The Hall–Kier alpha value is -3.42. The van der Waals surface area contributed by atoms with Crippen LogP contribution >= 0.6 is 0 Å². The third kappa shape index (κ3) is 4.37. The molecule has 29 heavy (non-hydrogen) atoms. The van der Waals surface area contributed by atoms with E-state index in [9.17, 15) is 9.18 Å². The number of halogens is 1. The standard InChI is InChI=1S/C21H20FN3O4/c1-27-18-5-3-2-4-14(18)10-19-23-21(29-24-19)15-11-25(12-15)20(26)13-28-17-8-6-16(22)7-9-17/h2-9,15H,10-13H2,1H3. The molecule has 0 N–H and O–H groups in total. The Labute approximate surface area is 167 Å². The van der Waals surface area contributed by atoms with Crippen molar-refractivity contribution < 1.29 is 23.2 Å². The first-order chi connectivity index (χ1) is 14.1. The molecular weight excluding hydrogens is 377 g/mol. The molecule has 0 radical (unpaired) electrons. The summed E-state index contributed by atoms with van der Waals surface area (Å²) in [5.41, 5.74) is 0.978. The van der Waals surface area contributed by atoms with Gasteiger partial charge in [-0.15, -0.1) is 0 Å². The maximum atomic E-state index is 12.9. The highest BCUT2D eigenvalue weighted by Gasteiger charge is 2.35. The van der Waals surface area contributed by atoms with Crippen molar-refractivity contribution in [3.05, 3.63) is 71.6 Å². The maximum absolute atomic E-state index is 12.9. The molecule has 0 bridgehead atoms. The Morgan fingerprint density at radius 1 is 1.21 bits per heavy atom. The van der Waals surface area contributed by atoms with Crippen LogP contribution < -0.4 is 9.47 Å². The number of benzene rings is 2. The molecular formula is C21H20FN3O4. The van der Waals surface area contributed by atoms with Gasteiger partial charge in [-0.1, -0.05) is 23.4 Å². The number of aromatic nitrogens is 2. The lowest BCUT2D eigenvalue weighted by atomic mass is 10.0. The van der Waals surface area contributed by atoms with E-state index < -0.39 is 0 Å². The number of likely N-dealkylation sites (tertiary alicyclic amines) is 1. The molecule has 150 valence electrons. The summed E-state index contributed by atoms with van der Waals surface area (Å²) < 4.78 is 29.0. The highest BCUT2D eigenvalue weighted by molar-refractivity contribution is 5.78. The lowest BCUT2D eigenvalue weighted by Gasteiger charge is -2.36. The van der Waals surface area contributed by atoms with Crippen LogP contribution in [0.1, 0.15) is 23.2 Å². The van der Waals surface area contributed by atoms with Crippen LogP contribution in [0, 0.1) is 5.82 Å². The SMILES string of the molecule is COc1ccccc1Cc1noc(C2CN(C(=O)COc3ccc(F)cc3)C2)n1. The average Bonchev–Trinajstić information content (AvgIpc) is 3.15. The van der Waals surface area contributed by atoms with Crippen molar-refractivity contribution in [1.82, 2.24) is 15.0 Å². The summed E-state index contributed by atoms with van der Waals surface area (Å²) in [6.45, 7) is 0.908. The quantitative estimate of drug-likeness (QED) is 0.610. The van der Waals surface area contributed by atoms with Crippen LogP contribution in [0.3, 0.4) is 0 Å². The number of para-hydroxylation sites is 1. The van der Waals surface area contributed by atoms with E-state index in [-0.39, 0.29) is 24.2 Å². The summed E-state index contributed by atoms with van der Waals surface area (Å²) in [6, 6.07) is 13.2. The van der Waals surface area contributed by atoms with Gasteiger partial charge in [-0.05, 0) is 30.3 Å². The fourth-order valence-electron chi connectivity index (χ4n) is 3.13. The van der Waals surface area contributed by atoms with Crippen LogP contribution in [0.4, 0.5) is 4.39 Å². The summed E-state index contributed by atoms with van der Waals surface area (Å²) in [5.74, 6) is 1.87. The second kappa shape index (κ2) is 8.30. The molecule has 1 aliphatic heterocycles. The number of hydrogen-bond donors (Lipinski definition) is 0. The van der Waals surface area contributed by atoms with Crippen molar-refractivity contribution in [2.45, 2.75) is 12.3 Å². The predicted octanol–water partition coefficient (Wildman–Crippen LogP) is 2.81. The Bertz CT molecular complexity index is 984. The van der Waals surface area contributed by atoms with Gasteiger partial charge < -0.3 is 18.9 Å². The molecule has 1 fully saturated rings. The Balaban J connectivity index is 1.27. The number of rotatable bonds is 7. The van der Waals surface area contributed by atoms with Crippen molar-refractivity contribution in [1.29, 1.82) is 0 Å². The minimum Gasteiger partial charge on any atom is -0.496 e. The van der Waals surface area contributed by atoms with Gasteiger partial charge in [-0.2, -0.15) is 4.98 Å². The number of methoxy groups -OCH3 is 1. The van der Waals surface area contributed by atoms with Crippen LogP contribution in [-0.2, 0) is 11.2 Å². The molecule has 1 saturated heterocycles. The number of carbonyl (C=O) groups is 1. The van der Waals surface area contributed by atoms with Crippen LogP contribution in [0.15, 0.2) is 53.1 Å². The van der Waals surface area contributed by atoms with Gasteiger partial charge in [0.15, 0.2) is 12.4 Å². The maximum Gasteiger partial charge on any atom is 0.260 e. The van der Waals surface area contributed by atoms with E-state index >= 15 is 0 Å². The smallest absolute Gasteiger partial charge is 0.260 e. The molecule has 0 atom stereocenters. The number of ether oxygens (including phenoxy) is 2. The van der Waals surface area contributed by atoms with Gasteiger partial charge in [0.05, 0.1) is 13.0 Å². The molecule has 1 aromatic heterocycles. The second-order valence-corrected chi connectivity index (χ2v) is 6.78. The van der Waals surface area contributed by atoms with Gasteiger partial charge in [0.1, 0.15) is 17.3 Å². The van der Waals surface area contributed by atoms with E-state index in [1.165, 1.54) is 24.3 Å². The van der Waals surface area contributed by atoms with Crippen molar-refractivity contribution in [3.63, 3.8) is 0 Å². The topological polar surface area (TPSA) is 77.7 Å². The first-order valence-corrected chi connectivity index (χ1v) is 9.23. The highest BCUT2D eigenvalue weighted by Crippen LogP contribution is 2.27. The molecule has 1 aliphatic rings. The number of amides is 1. The molecule has 0 saturated carbocycles. The summed E-state index contributed by atoms with van der Waals surface area (Å²) in [6.07, 6.45) is 0.508. The van der Waals surface area contributed by atoms with Crippen molar-refractivity contribution in [3.8, 4) is 11.5 Å². The molecule has 2 aromatic carbocycles. The average molecular weight is 397 g/mol. The molecule has 3 aromatic rings. The molecule has 2 heterocycles. The molecule has 7 nitrogen and oxygen atoms in total. The number of nitrogens with zero attached hydrogens (tertiary/aromatic N) is 3. The molecule has 0 spiro atoms. The Morgan fingerprint density at radius 3 is 2.72 bits per heavy atom. The monoisotopic (exact) mass is 397 g/mol. The first-order valence-electron chi connectivity index (χ1n) is 9.23. The normalized spacial score (nSPS) is 13.8. The fourth-order valence-corrected chi connectivity index (χ4v) is 3.13. The van der Waals surface area contributed by atoms with Gasteiger partial charge >= 0.3 is 0 Å². The zero-order valence-corrected chi connectivity index (χ0v) is 15.9. The van der Waals surface area contributed by atoms with Gasteiger partial charge in [0, 0.05) is 25.1 Å². The summed E-state index contributed by atoms with van der Waals surface area (Å²) in [4.78, 5) is 18.3. The highest BCUT2D eigenvalue weighted by atomic mass is 19.1. The van der Waals surface area contributed by atoms with Crippen LogP contribution in [-0.4, -0.2) is 47.8 Å². The van der Waals surface area contributed by atoms with Crippen LogP contribution in [0.2, 0.25) is 0 Å². The van der Waals surface area contributed by atoms with E-state index in [2.05, 4.69) is 10.1 Å². The summed E-state index contributed by atoms with van der Waals surface area (Å²) >= 11 is 0. The number of hydrogen-bond acceptors (Lipinski definition) is 6. The minimum absolute atomic E-state index is 0.0173. The third-order valence-corrected chi connectivity index (χ3v) is 4.78. The zero-order valence-electron chi connectivity index (χ0n) is 15.9. The minimum atomic E-state index is -0.348. The first kappa shape index (κ1) is 18.9. The van der Waals surface area contributed by atoms with E-state index in [1.54, 1.807) is 12.0 Å². The number of carbonyl (C=O) groups excluding carboxylic acids is 1. The van der Waals surface area contributed by atoms with Gasteiger partial charge in [-0.3, -0.25) is 4.79 Å². The van der Waals surface area contributed by atoms with Crippen molar-refractivity contribution >= 4 is 5.91 Å². The third-order valence-electron chi connectivity index (χ3n) is 4.78. The van der Waals surface area contributed by atoms with Gasteiger partial charge in [-0.25, -0.2) is 4.39 Å². The lowest BCUT2D eigenvalue weighted by molar-refractivity contribution is -0.138. The largest absolute Gasteiger partial charge is 0.496 e. The zero-order chi connectivity index (χ0) is 20.2.